The van der Waals surface area contributed by atoms with Gasteiger partial charge in [-0.3, -0.25) is 0 Å². The van der Waals surface area contributed by atoms with Crippen LogP contribution in [0, 0.1) is 20.8 Å². The zero-order valence-electron chi connectivity index (χ0n) is 15.2. The van der Waals surface area contributed by atoms with E-state index in [-0.39, 0.29) is 29.5 Å². The van der Waals surface area contributed by atoms with Crippen LogP contribution in [0.1, 0.15) is 16.7 Å². The third-order valence-electron chi connectivity index (χ3n) is 4.05. The van der Waals surface area contributed by atoms with Crippen molar-refractivity contribution in [3.8, 4) is 0 Å². The van der Waals surface area contributed by atoms with Gasteiger partial charge in [-0.25, -0.2) is 12.1 Å². The third kappa shape index (κ3) is 4.98. The average Bonchev–Trinajstić information content (AvgIpc) is 3.30. The smallest absolute Gasteiger partial charge is 1.00 e. The van der Waals surface area contributed by atoms with Crippen molar-refractivity contribution in [3.63, 3.8) is 0 Å². The zero-order valence-corrected chi connectivity index (χ0v) is 17.0. The number of anilines is 1. The van der Waals surface area contributed by atoms with Gasteiger partial charge in [-0.2, -0.15) is 18.2 Å². The quantitative estimate of drug-likeness (QED) is 0.577. The Balaban J connectivity index is 0.000000421. The molecule has 2 aliphatic rings. The fourth-order valence-corrected chi connectivity index (χ4v) is 3.15. The molecule has 4 heteroatoms. The SMILES string of the molecule is Cc1cc(C)c(N2C=CNC2=C2C=CC=C2)c(C)c1.[Cl-].[Fe+2].c1cc[cH-]c1. The first-order chi connectivity index (χ1) is 11.7. The van der Waals surface area contributed by atoms with Crippen LogP contribution in [0.15, 0.2) is 90.6 Å². The van der Waals surface area contributed by atoms with Crippen LogP contribution in [0.25, 0.3) is 0 Å². The number of hydrogen-bond donors (Lipinski definition) is 1. The number of allylic oxidation sites excluding steroid dienone is 5. The predicted octanol–water partition coefficient (Wildman–Crippen LogP) is 2.24. The van der Waals surface area contributed by atoms with E-state index in [4.69, 9.17) is 0 Å². The summed E-state index contributed by atoms with van der Waals surface area (Å²) < 4.78 is 0. The summed E-state index contributed by atoms with van der Waals surface area (Å²) in [6, 6.07) is 14.5. The van der Waals surface area contributed by atoms with Crippen LogP contribution in [0.3, 0.4) is 0 Å². The van der Waals surface area contributed by atoms with E-state index in [1.165, 1.54) is 28.0 Å². The van der Waals surface area contributed by atoms with Crippen molar-refractivity contribution in [1.29, 1.82) is 0 Å². The molecule has 1 aliphatic heterocycles. The molecule has 2 aromatic carbocycles. The number of nitrogens with zero attached hydrogens (tertiary/aromatic N) is 1. The molecule has 1 N–H and O–H groups in total. The Morgan fingerprint density at radius 3 is 2.00 bits per heavy atom. The third-order valence-corrected chi connectivity index (χ3v) is 4.05. The Labute approximate surface area is 173 Å². The largest absolute Gasteiger partial charge is 2.00 e. The molecule has 4 rings (SSSR count). The minimum atomic E-state index is 0. The van der Waals surface area contributed by atoms with Gasteiger partial charge in [0.15, 0.2) is 0 Å². The summed E-state index contributed by atoms with van der Waals surface area (Å²) in [7, 11) is 0. The molecular weight excluding hydrogens is 384 g/mol. The minimum Gasteiger partial charge on any atom is -1.00 e. The molecule has 2 nitrogen and oxygen atoms in total. The number of benzene rings is 1. The summed E-state index contributed by atoms with van der Waals surface area (Å²) in [5.74, 6) is 1.13. The molecule has 1 aliphatic carbocycles. The van der Waals surface area contributed by atoms with Crippen LogP contribution in [-0.2, 0) is 17.1 Å². The van der Waals surface area contributed by atoms with Gasteiger partial charge < -0.3 is 22.6 Å². The summed E-state index contributed by atoms with van der Waals surface area (Å²) in [5.41, 5.74) is 6.39. The summed E-state index contributed by atoms with van der Waals surface area (Å²) in [5, 5.41) is 3.34. The number of rotatable bonds is 1. The molecule has 0 spiro atoms. The Hall–Kier alpha value is -2.06. The van der Waals surface area contributed by atoms with E-state index >= 15 is 0 Å². The summed E-state index contributed by atoms with van der Waals surface area (Å²) in [6.45, 7) is 6.48. The van der Waals surface area contributed by atoms with Crippen molar-refractivity contribution in [2.45, 2.75) is 20.8 Å². The van der Waals surface area contributed by atoms with Gasteiger partial charge in [-0.15, -0.1) is 0 Å². The molecule has 0 unspecified atom stereocenters. The number of halogens is 1. The van der Waals surface area contributed by atoms with Crippen molar-refractivity contribution in [3.05, 3.63) is 107 Å². The van der Waals surface area contributed by atoms with Gasteiger partial charge in [0.05, 0.1) is 5.69 Å². The number of nitrogens with one attached hydrogen (secondary N) is 1. The van der Waals surface area contributed by atoms with E-state index in [0.29, 0.717) is 0 Å². The van der Waals surface area contributed by atoms with Gasteiger partial charge in [-0.1, -0.05) is 42.0 Å². The van der Waals surface area contributed by atoms with Crippen LogP contribution < -0.4 is 22.6 Å². The molecule has 0 aromatic heterocycles. The fraction of sp³-hybridized carbons (Fsp3) is 0.136. The maximum absolute atomic E-state index is 3.34. The Morgan fingerprint density at radius 1 is 0.923 bits per heavy atom. The van der Waals surface area contributed by atoms with E-state index < -0.39 is 0 Å². The Bertz CT molecular complexity index is 776. The Kier molecular flexibility index (Phi) is 8.60. The van der Waals surface area contributed by atoms with Gasteiger partial charge >= 0.3 is 17.1 Å². The van der Waals surface area contributed by atoms with Crippen LogP contribution in [0.2, 0.25) is 0 Å². The standard InChI is InChI=1S/C17H18N2.C5H5.ClH.Fe/c1-12-10-13(2)16(14(3)11-12)19-9-8-18-17(19)15-6-4-5-7-15;1-2-4-5-3-1;;/h4-11,18H,1-3H3;1-5H;1H;/q;-1;;+2/p-1. The van der Waals surface area contributed by atoms with E-state index in [0.717, 1.165) is 5.82 Å². The van der Waals surface area contributed by atoms with Crippen molar-refractivity contribution in [1.82, 2.24) is 5.32 Å². The summed E-state index contributed by atoms with van der Waals surface area (Å²) >= 11 is 0. The molecule has 0 bridgehead atoms. The second-order valence-corrected chi connectivity index (χ2v) is 6.06. The van der Waals surface area contributed by atoms with E-state index in [9.17, 15) is 0 Å². The average molecular weight is 407 g/mol. The molecule has 0 saturated heterocycles. The minimum absolute atomic E-state index is 0. The maximum atomic E-state index is 3.34. The zero-order chi connectivity index (χ0) is 16.9. The van der Waals surface area contributed by atoms with Gasteiger partial charge in [0, 0.05) is 18.0 Å². The number of aryl methyl sites for hydroxylation is 3. The van der Waals surface area contributed by atoms with Crippen molar-refractivity contribution >= 4 is 5.69 Å². The molecule has 0 amide bonds. The molecule has 0 fully saturated rings. The first-order valence-electron chi connectivity index (χ1n) is 8.23. The number of hydrogen-bond acceptors (Lipinski definition) is 2. The molecular formula is C22H23ClFeN2. The molecule has 26 heavy (non-hydrogen) atoms. The molecule has 2 aromatic rings. The van der Waals surface area contributed by atoms with E-state index in [1.54, 1.807) is 0 Å². The fourth-order valence-electron chi connectivity index (χ4n) is 3.15. The van der Waals surface area contributed by atoms with Crippen molar-refractivity contribution in [2.75, 3.05) is 4.90 Å². The molecule has 0 radical (unpaired) electrons. The second-order valence-electron chi connectivity index (χ2n) is 6.06. The van der Waals surface area contributed by atoms with E-state index in [1.807, 2.05) is 36.5 Å². The maximum Gasteiger partial charge on any atom is 2.00 e. The van der Waals surface area contributed by atoms with Crippen LogP contribution >= 0.6 is 0 Å². The first-order valence-corrected chi connectivity index (χ1v) is 8.23. The molecule has 1 heterocycles. The molecule has 0 atom stereocenters. The topological polar surface area (TPSA) is 15.3 Å². The first kappa shape index (κ1) is 22.0. The van der Waals surface area contributed by atoms with Gasteiger partial charge in [-0.05, 0) is 31.9 Å². The van der Waals surface area contributed by atoms with E-state index in [2.05, 4.69) is 73.6 Å². The van der Waals surface area contributed by atoms with Gasteiger partial charge in [0.25, 0.3) is 0 Å². The van der Waals surface area contributed by atoms with Crippen LogP contribution in [0.4, 0.5) is 5.69 Å². The van der Waals surface area contributed by atoms with Crippen LogP contribution in [0.5, 0.6) is 0 Å². The van der Waals surface area contributed by atoms with Crippen LogP contribution in [-0.4, -0.2) is 0 Å². The summed E-state index contributed by atoms with van der Waals surface area (Å²) in [6.07, 6.45) is 12.5. The molecule has 0 saturated carbocycles. The van der Waals surface area contributed by atoms with Gasteiger partial charge in [0.1, 0.15) is 5.82 Å². The molecule has 136 valence electrons. The second kappa shape index (κ2) is 10.2. The monoisotopic (exact) mass is 406 g/mol. The Morgan fingerprint density at radius 2 is 1.50 bits per heavy atom. The summed E-state index contributed by atoms with van der Waals surface area (Å²) in [4.78, 5) is 2.24. The normalized spacial score (nSPS) is 13.7. The predicted molar refractivity (Wildman–Crippen MR) is 103 cm³/mol. The van der Waals surface area contributed by atoms with Gasteiger partial charge in [0.2, 0.25) is 0 Å². The van der Waals surface area contributed by atoms with Crippen molar-refractivity contribution in [2.24, 2.45) is 0 Å². The van der Waals surface area contributed by atoms with Crippen molar-refractivity contribution < 1.29 is 29.5 Å².